The molecule has 19 heavy (non-hydrogen) atoms. The van der Waals surface area contributed by atoms with Gasteiger partial charge in [0.1, 0.15) is 22.9 Å². The Morgan fingerprint density at radius 2 is 1.79 bits per heavy atom. The second-order valence-electron chi connectivity index (χ2n) is 3.66. The van der Waals surface area contributed by atoms with Gasteiger partial charge in [-0.3, -0.25) is 0 Å². The van der Waals surface area contributed by atoms with Crippen LogP contribution in [0.5, 0.6) is 5.75 Å². The largest absolute Gasteiger partial charge is 1.00 e. The third kappa shape index (κ3) is 3.61. The summed E-state index contributed by atoms with van der Waals surface area (Å²) in [6, 6.07) is 6.64. The van der Waals surface area contributed by atoms with E-state index >= 15 is 0 Å². The first-order valence-electron chi connectivity index (χ1n) is 5.01. The first-order valence-corrected chi connectivity index (χ1v) is 5.01. The Morgan fingerprint density at radius 1 is 1.11 bits per heavy atom. The van der Waals surface area contributed by atoms with E-state index in [-0.39, 0.29) is 69.5 Å². The normalized spacial score (nSPS) is 9.79. The predicted molar refractivity (Wildman–Crippen MR) is 61.5 cm³/mol. The van der Waals surface area contributed by atoms with Crippen molar-refractivity contribution < 1.29 is 76.6 Å². The number of carboxylic acid groups (broad SMARTS) is 1. The van der Waals surface area contributed by atoms with Crippen LogP contribution < -0.4 is 51.4 Å². The van der Waals surface area contributed by atoms with Crippen LogP contribution in [0.3, 0.4) is 0 Å². The number of phenols is 1. The molecule has 0 unspecified atom stereocenters. The molecule has 2 aromatic carbocycles. The van der Waals surface area contributed by atoms with E-state index in [0.29, 0.717) is 6.07 Å². The number of carboxylic acids is 1. The van der Waals surface area contributed by atoms with Gasteiger partial charge in [-0.1, -0.05) is 6.07 Å². The zero-order valence-corrected chi connectivity index (χ0v) is 13.1. The summed E-state index contributed by atoms with van der Waals surface area (Å²) in [5.41, 5.74) is -0.0159. The summed E-state index contributed by atoms with van der Waals surface area (Å²) in [6.45, 7) is 0. The molecule has 0 aromatic heterocycles. The summed E-state index contributed by atoms with van der Waals surface area (Å²) < 4.78 is 26.3. The van der Waals surface area contributed by atoms with Crippen LogP contribution in [0.4, 0.5) is 8.78 Å². The van der Waals surface area contributed by atoms with Crippen LogP contribution in [0, 0.1) is 11.6 Å². The van der Waals surface area contributed by atoms with Crippen molar-refractivity contribution in [2.24, 2.45) is 0 Å². The minimum absolute atomic E-state index is 0. The van der Waals surface area contributed by atoms with Crippen LogP contribution >= 0.6 is 0 Å². The van der Waals surface area contributed by atoms with Crippen molar-refractivity contribution in [2.45, 2.75) is 0 Å². The summed E-state index contributed by atoms with van der Waals surface area (Å²) in [7, 11) is 0. The molecule has 3 nitrogen and oxygen atoms in total. The fourth-order valence-electron chi connectivity index (χ4n) is 1.60. The van der Waals surface area contributed by atoms with Gasteiger partial charge in [0, 0.05) is 11.6 Å². The molecule has 2 aromatic rings. The number of hydrogen-bond donors (Lipinski definition) is 2. The molecule has 0 saturated carbocycles. The van der Waals surface area contributed by atoms with E-state index in [1.165, 1.54) is 12.1 Å². The second kappa shape index (κ2) is 6.58. The first-order chi connectivity index (χ1) is 8.49. The summed E-state index contributed by atoms with van der Waals surface area (Å²) in [5.74, 6) is -3.24. The Hall–Kier alpha value is -0.794. The first kappa shape index (κ1) is 16.3. The van der Waals surface area contributed by atoms with E-state index in [9.17, 15) is 18.7 Å². The molecular formula is C13H9F2KO3. The maximum absolute atomic E-state index is 13.5. The van der Waals surface area contributed by atoms with Crippen LogP contribution in [0.15, 0.2) is 36.4 Å². The standard InChI is InChI=1S/C13H8F2O3.K.H/c14-8-2-3-9(11(15)6-8)7-1-4-12(16)10(5-7)13(17)18;;/h1-6,16H,(H,17,18);;/q;+1;-1. The van der Waals surface area contributed by atoms with Crippen molar-refractivity contribution in [1.82, 2.24) is 0 Å². The summed E-state index contributed by atoms with van der Waals surface area (Å²) in [5, 5.41) is 18.2. The fourth-order valence-corrected chi connectivity index (χ4v) is 1.60. The smallest absolute Gasteiger partial charge is 1.00 e. The number of aromatic hydroxyl groups is 1. The molecule has 94 valence electrons. The number of rotatable bonds is 2. The molecule has 6 heteroatoms. The molecule has 0 amide bonds. The minimum atomic E-state index is -1.32. The van der Waals surface area contributed by atoms with E-state index in [1.807, 2.05) is 0 Å². The maximum Gasteiger partial charge on any atom is 1.00 e. The van der Waals surface area contributed by atoms with Crippen LogP contribution in [-0.2, 0) is 0 Å². The van der Waals surface area contributed by atoms with Gasteiger partial charge in [-0.25, -0.2) is 13.6 Å². The summed E-state index contributed by atoms with van der Waals surface area (Å²) >= 11 is 0. The molecule has 0 radical (unpaired) electrons. The van der Waals surface area contributed by atoms with E-state index in [1.54, 1.807) is 0 Å². The fraction of sp³-hybridized carbons (Fsp3) is 0. The molecule has 0 aliphatic heterocycles. The van der Waals surface area contributed by atoms with E-state index in [0.717, 1.165) is 18.2 Å². The summed E-state index contributed by atoms with van der Waals surface area (Å²) in [6.07, 6.45) is 0. The van der Waals surface area contributed by atoms with E-state index in [2.05, 4.69) is 0 Å². The van der Waals surface area contributed by atoms with Gasteiger partial charge in [0.15, 0.2) is 0 Å². The van der Waals surface area contributed by atoms with Gasteiger partial charge in [-0.05, 0) is 29.8 Å². The van der Waals surface area contributed by atoms with Gasteiger partial charge in [0.2, 0.25) is 0 Å². The number of aromatic carboxylic acids is 1. The SMILES string of the molecule is O=C(O)c1cc(-c2ccc(F)cc2F)ccc1O.[H-].[K+]. The van der Waals surface area contributed by atoms with Gasteiger partial charge in [0.05, 0.1) is 0 Å². The summed E-state index contributed by atoms with van der Waals surface area (Å²) in [4.78, 5) is 10.8. The van der Waals surface area contributed by atoms with Gasteiger partial charge in [0.25, 0.3) is 0 Å². The predicted octanol–water partition coefficient (Wildman–Crippen LogP) is 0.152. The molecule has 0 saturated heterocycles. The Labute approximate surface area is 151 Å². The van der Waals surface area contributed by atoms with Crippen LogP contribution in [-0.4, -0.2) is 16.2 Å². The van der Waals surface area contributed by atoms with Gasteiger partial charge < -0.3 is 11.6 Å². The van der Waals surface area contributed by atoms with Crippen molar-refractivity contribution in [3.8, 4) is 16.9 Å². The number of hydrogen-bond acceptors (Lipinski definition) is 2. The van der Waals surface area contributed by atoms with Crippen molar-refractivity contribution in [3.05, 3.63) is 53.6 Å². The quantitative estimate of drug-likeness (QED) is 0.774. The van der Waals surface area contributed by atoms with E-state index < -0.39 is 23.4 Å². The molecule has 0 aliphatic carbocycles. The van der Waals surface area contributed by atoms with Crippen LogP contribution in [0.1, 0.15) is 11.8 Å². The third-order valence-electron chi connectivity index (χ3n) is 2.47. The van der Waals surface area contributed by atoms with Crippen molar-refractivity contribution in [1.29, 1.82) is 0 Å². The number of benzene rings is 2. The van der Waals surface area contributed by atoms with Crippen molar-refractivity contribution in [3.63, 3.8) is 0 Å². The van der Waals surface area contributed by atoms with Crippen LogP contribution in [0.2, 0.25) is 0 Å². The Morgan fingerprint density at radius 3 is 2.37 bits per heavy atom. The Balaban J connectivity index is 0.00000180. The molecule has 0 spiro atoms. The molecule has 0 heterocycles. The van der Waals surface area contributed by atoms with Crippen molar-refractivity contribution >= 4 is 5.97 Å². The monoisotopic (exact) mass is 290 g/mol. The maximum atomic E-state index is 13.5. The molecule has 2 N–H and O–H groups in total. The zero-order valence-electron chi connectivity index (χ0n) is 11.0. The van der Waals surface area contributed by atoms with Crippen LogP contribution in [0.25, 0.3) is 11.1 Å². The second-order valence-corrected chi connectivity index (χ2v) is 3.66. The average Bonchev–Trinajstić information content (AvgIpc) is 2.30. The molecule has 0 aliphatic rings. The third-order valence-corrected chi connectivity index (χ3v) is 2.47. The van der Waals surface area contributed by atoms with E-state index in [4.69, 9.17) is 5.11 Å². The Kier molecular flexibility index (Phi) is 5.63. The van der Waals surface area contributed by atoms with Gasteiger partial charge in [-0.2, -0.15) is 0 Å². The van der Waals surface area contributed by atoms with Gasteiger partial charge in [-0.15, -0.1) is 0 Å². The molecule has 0 fully saturated rings. The molecular weight excluding hydrogens is 281 g/mol. The number of carbonyl (C=O) groups is 1. The molecule has 0 atom stereocenters. The Bertz CT molecular complexity index is 635. The number of halogens is 2. The minimum Gasteiger partial charge on any atom is -1.00 e. The van der Waals surface area contributed by atoms with Gasteiger partial charge >= 0.3 is 57.4 Å². The average molecular weight is 290 g/mol. The van der Waals surface area contributed by atoms with Crippen molar-refractivity contribution in [2.75, 3.05) is 0 Å². The zero-order chi connectivity index (χ0) is 13.3. The molecule has 0 bridgehead atoms. The molecule has 2 rings (SSSR count). The topological polar surface area (TPSA) is 57.5 Å².